The van der Waals surface area contributed by atoms with Crippen LogP contribution >= 0.6 is 0 Å². The molecule has 0 fully saturated rings. The molecular weight excluding hydrogens is 523 g/mol. The van der Waals surface area contributed by atoms with Crippen LogP contribution in [0, 0.1) is 11.7 Å². The van der Waals surface area contributed by atoms with Gasteiger partial charge in [-0.15, -0.1) is 0 Å². The Morgan fingerprint density at radius 3 is 2.46 bits per heavy atom. The van der Waals surface area contributed by atoms with Crippen LogP contribution in [-0.2, 0) is 16.6 Å². The summed E-state index contributed by atoms with van der Waals surface area (Å²) in [5.41, 5.74) is 2.25. The number of aromatic carboxylic acids is 1. The van der Waals surface area contributed by atoms with Crippen LogP contribution in [0.2, 0.25) is 0 Å². The SMILES string of the molecule is C[C@@H]1CN([C@H](C)CO)S(=O)(=O)c2ccc(-c3ccc(F)cc3)cc2O[C@@H]1CN(C)Cc1ccccc1C(=O)O. The molecule has 10 heteroatoms. The number of carboxylic acid groups (broad SMARTS) is 1. The summed E-state index contributed by atoms with van der Waals surface area (Å²) < 4.78 is 48.6. The van der Waals surface area contributed by atoms with E-state index in [9.17, 15) is 27.8 Å². The number of hydrogen-bond donors (Lipinski definition) is 2. The van der Waals surface area contributed by atoms with Gasteiger partial charge in [-0.2, -0.15) is 4.31 Å². The van der Waals surface area contributed by atoms with E-state index in [1.807, 2.05) is 18.9 Å². The van der Waals surface area contributed by atoms with Gasteiger partial charge in [0.05, 0.1) is 12.2 Å². The molecule has 4 rings (SSSR count). The molecule has 0 aromatic heterocycles. The number of ether oxygens (including phenoxy) is 1. The van der Waals surface area contributed by atoms with Crippen molar-refractivity contribution >= 4 is 16.0 Å². The number of halogens is 1. The highest BCUT2D eigenvalue weighted by molar-refractivity contribution is 7.89. The molecule has 3 atom stereocenters. The number of nitrogens with zero attached hydrogens (tertiary/aromatic N) is 2. The topological polar surface area (TPSA) is 107 Å². The first-order chi connectivity index (χ1) is 18.5. The maximum Gasteiger partial charge on any atom is 0.336 e. The van der Waals surface area contributed by atoms with Crippen LogP contribution in [0.4, 0.5) is 4.39 Å². The molecule has 0 spiro atoms. The highest BCUT2D eigenvalue weighted by atomic mass is 32.2. The fourth-order valence-electron chi connectivity index (χ4n) is 4.79. The lowest BCUT2D eigenvalue weighted by Gasteiger charge is -2.37. The first-order valence-corrected chi connectivity index (χ1v) is 14.1. The van der Waals surface area contributed by atoms with E-state index in [1.165, 1.54) is 22.5 Å². The molecule has 8 nitrogen and oxygen atoms in total. The van der Waals surface area contributed by atoms with Crippen LogP contribution in [-0.4, -0.2) is 72.7 Å². The maximum atomic E-state index is 13.7. The lowest BCUT2D eigenvalue weighted by atomic mass is 10.0. The number of carbonyl (C=O) groups is 1. The largest absolute Gasteiger partial charge is 0.487 e. The van der Waals surface area contributed by atoms with Gasteiger partial charge in [0.15, 0.2) is 0 Å². The van der Waals surface area contributed by atoms with Crippen molar-refractivity contribution in [1.82, 2.24) is 9.21 Å². The van der Waals surface area contributed by atoms with Crippen LogP contribution in [0.15, 0.2) is 71.6 Å². The zero-order valence-corrected chi connectivity index (χ0v) is 22.9. The Balaban J connectivity index is 1.71. The summed E-state index contributed by atoms with van der Waals surface area (Å²) >= 11 is 0. The third-order valence-corrected chi connectivity index (χ3v) is 9.04. The Labute approximate surface area is 228 Å². The maximum absolute atomic E-state index is 13.7. The van der Waals surface area contributed by atoms with Crippen LogP contribution < -0.4 is 4.74 Å². The van der Waals surface area contributed by atoms with Gasteiger partial charge in [-0.3, -0.25) is 4.90 Å². The predicted molar refractivity (Wildman–Crippen MR) is 146 cm³/mol. The van der Waals surface area contributed by atoms with Crippen molar-refractivity contribution < 1.29 is 32.6 Å². The fourth-order valence-corrected chi connectivity index (χ4v) is 6.62. The van der Waals surface area contributed by atoms with Crippen LogP contribution in [0.3, 0.4) is 0 Å². The third kappa shape index (κ3) is 6.30. The van der Waals surface area contributed by atoms with Gasteiger partial charge >= 0.3 is 5.97 Å². The van der Waals surface area contributed by atoms with Crippen LogP contribution in [0.5, 0.6) is 5.75 Å². The van der Waals surface area contributed by atoms with Gasteiger partial charge in [0.25, 0.3) is 0 Å². The molecule has 1 aliphatic rings. The van der Waals surface area contributed by atoms with E-state index in [1.54, 1.807) is 55.5 Å². The quantitative estimate of drug-likeness (QED) is 0.430. The second-order valence-electron chi connectivity index (χ2n) is 10.1. The summed E-state index contributed by atoms with van der Waals surface area (Å²) in [5.74, 6) is -1.48. The summed E-state index contributed by atoms with van der Waals surface area (Å²) in [6.07, 6.45) is -0.460. The number of rotatable bonds is 8. The van der Waals surface area contributed by atoms with Crippen molar-refractivity contribution in [2.75, 3.05) is 26.7 Å². The van der Waals surface area contributed by atoms with E-state index in [4.69, 9.17) is 4.74 Å². The van der Waals surface area contributed by atoms with Gasteiger partial charge in [0.1, 0.15) is 22.6 Å². The van der Waals surface area contributed by atoms with Gasteiger partial charge in [-0.05, 0) is 61.0 Å². The Morgan fingerprint density at radius 1 is 1.13 bits per heavy atom. The van der Waals surface area contributed by atoms with Crippen LogP contribution in [0.1, 0.15) is 29.8 Å². The summed E-state index contributed by atoms with van der Waals surface area (Å²) in [5, 5.41) is 19.4. The van der Waals surface area contributed by atoms with E-state index in [0.717, 1.165) is 0 Å². The predicted octanol–water partition coefficient (Wildman–Crippen LogP) is 4.09. The average molecular weight is 557 g/mol. The molecule has 1 aliphatic heterocycles. The Kier molecular flexibility index (Phi) is 8.70. The Hall–Kier alpha value is -3.31. The summed E-state index contributed by atoms with van der Waals surface area (Å²) in [4.78, 5) is 13.6. The molecule has 2 N–H and O–H groups in total. The van der Waals surface area contributed by atoms with Crippen molar-refractivity contribution in [3.05, 3.63) is 83.7 Å². The highest BCUT2D eigenvalue weighted by Crippen LogP contribution is 2.36. The standard InChI is InChI=1S/C29H33FN2O6S/c1-19-15-32(20(2)18-33)39(36,37)28-13-10-22(21-8-11-24(30)12-9-21)14-26(28)38-27(19)17-31(3)16-23-6-4-5-7-25(23)29(34)35/h4-14,19-20,27,33H,15-18H2,1-3H3,(H,34,35)/t19-,20-,27-/m1/s1. The molecule has 1 heterocycles. The normalized spacial score (nSPS) is 19.9. The number of aliphatic hydroxyl groups is 1. The first-order valence-electron chi connectivity index (χ1n) is 12.7. The lowest BCUT2D eigenvalue weighted by molar-refractivity contribution is 0.0686. The van der Waals surface area contributed by atoms with E-state index in [0.29, 0.717) is 29.8 Å². The number of carboxylic acids is 1. The van der Waals surface area contributed by atoms with Gasteiger partial charge in [-0.25, -0.2) is 17.6 Å². The lowest BCUT2D eigenvalue weighted by Crippen LogP contribution is -2.49. The minimum atomic E-state index is -4.00. The van der Waals surface area contributed by atoms with Crippen molar-refractivity contribution in [1.29, 1.82) is 0 Å². The summed E-state index contributed by atoms with van der Waals surface area (Å²) in [7, 11) is -2.14. The number of hydrogen-bond acceptors (Lipinski definition) is 6. The fraction of sp³-hybridized carbons (Fsp3) is 0.345. The molecular formula is C29H33FN2O6S. The van der Waals surface area contributed by atoms with Gasteiger partial charge < -0.3 is 14.9 Å². The monoisotopic (exact) mass is 556 g/mol. The summed E-state index contributed by atoms with van der Waals surface area (Å²) in [6, 6.07) is 16.8. The number of benzene rings is 3. The minimum absolute atomic E-state index is 0.00978. The third-order valence-electron chi connectivity index (χ3n) is 7.02. The van der Waals surface area contributed by atoms with Crippen molar-refractivity contribution in [3.63, 3.8) is 0 Å². The molecule has 0 saturated carbocycles. The molecule has 0 unspecified atom stereocenters. The van der Waals surface area contributed by atoms with Gasteiger partial charge in [-0.1, -0.05) is 43.3 Å². The second kappa shape index (κ2) is 11.8. The molecule has 3 aromatic carbocycles. The molecule has 3 aromatic rings. The molecule has 0 saturated heterocycles. The zero-order chi connectivity index (χ0) is 28.3. The van der Waals surface area contributed by atoms with Gasteiger partial charge in [0.2, 0.25) is 10.0 Å². The number of likely N-dealkylation sites (N-methyl/N-ethyl adjacent to an activating group) is 1. The van der Waals surface area contributed by atoms with E-state index in [-0.39, 0.29) is 41.1 Å². The van der Waals surface area contributed by atoms with E-state index < -0.39 is 28.1 Å². The molecule has 0 radical (unpaired) electrons. The summed E-state index contributed by atoms with van der Waals surface area (Å²) in [6.45, 7) is 4.08. The Bertz CT molecular complexity index is 1430. The van der Waals surface area contributed by atoms with Crippen molar-refractivity contribution in [2.45, 2.75) is 37.4 Å². The minimum Gasteiger partial charge on any atom is -0.487 e. The van der Waals surface area contributed by atoms with Crippen molar-refractivity contribution in [3.8, 4) is 16.9 Å². The van der Waals surface area contributed by atoms with Crippen LogP contribution in [0.25, 0.3) is 11.1 Å². The molecule has 0 aliphatic carbocycles. The second-order valence-corrected chi connectivity index (χ2v) is 11.9. The highest BCUT2D eigenvalue weighted by Gasteiger charge is 2.38. The van der Waals surface area contributed by atoms with E-state index >= 15 is 0 Å². The number of sulfonamides is 1. The number of fused-ring (bicyclic) bond motifs is 1. The zero-order valence-electron chi connectivity index (χ0n) is 22.1. The van der Waals surface area contributed by atoms with Gasteiger partial charge in [0, 0.05) is 31.6 Å². The first kappa shape index (κ1) is 28.7. The molecule has 208 valence electrons. The number of aliphatic hydroxyl groups excluding tert-OH is 1. The molecule has 39 heavy (non-hydrogen) atoms. The Morgan fingerprint density at radius 2 is 1.79 bits per heavy atom. The average Bonchev–Trinajstić information content (AvgIpc) is 2.90. The molecule has 0 amide bonds. The van der Waals surface area contributed by atoms with Crippen molar-refractivity contribution in [2.24, 2.45) is 5.92 Å². The molecule has 0 bridgehead atoms. The smallest absolute Gasteiger partial charge is 0.336 e. The van der Waals surface area contributed by atoms with E-state index in [2.05, 4.69) is 0 Å².